The second-order valence-electron chi connectivity index (χ2n) is 4.32. The molecule has 0 radical (unpaired) electrons. The van der Waals surface area contributed by atoms with Crippen LogP contribution in [0.4, 0.5) is 11.4 Å². The van der Waals surface area contributed by atoms with Crippen LogP contribution in [0.15, 0.2) is 48.8 Å². The number of nitrogens with zero attached hydrogens (tertiary/aromatic N) is 1. The average Bonchev–Trinajstić information content (AvgIpc) is 2.43. The van der Waals surface area contributed by atoms with E-state index in [9.17, 15) is 4.79 Å². The minimum Gasteiger partial charge on any atom is -0.396 e. The normalized spacial score (nSPS) is 11.8. The Hall–Kier alpha value is -2.36. The minimum absolute atomic E-state index is 0.0494. The highest BCUT2D eigenvalue weighted by molar-refractivity contribution is 5.97. The molecule has 1 heterocycles. The van der Waals surface area contributed by atoms with Gasteiger partial charge in [-0.25, -0.2) is 0 Å². The van der Waals surface area contributed by atoms with Crippen LogP contribution in [-0.4, -0.2) is 10.9 Å². The lowest BCUT2D eigenvalue weighted by molar-refractivity contribution is -0.117. The first kappa shape index (κ1) is 13.1. The quantitative estimate of drug-likeness (QED) is 0.882. The Balaban J connectivity index is 2.17. The van der Waals surface area contributed by atoms with Crippen LogP contribution in [-0.2, 0) is 4.79 Å². The fourth-order valence-electron chi connectivity index (χ4n) is 2.00. The van der Waals surface area contributed by atoms with Crippen molar-refractivity contribution in [3.63, 3.8) is 0 Å². The van der Waals surface area contributed by atoms with E-state index in [1.54, 1.807) is 12.3 Å². The minimum atomic E-state index is -0.172. The SMILES string of the molecule is CCC(C(=O)Nc1ccncc1N)c1ccccc1. The number of rotatable bonds is 4. The van der Waals surface area contributed by atoms with Crippen LogP contribution in [0.25, 0.3) is 0 Å². The number of aromatic nitrogens is 1. The van der Waals surface area contributed by atoms with Crippen molar-refractivity contribution < 1.29 is 4.79 Å². The number of carbonyl (C=O) groups is 1. The van der Waals surface area contributed by atoms with E-state index in [0.717, 1.165) is 12.0 Å². The van der Waals surface area contributed by atoms with Crippen molar-refractivity contribution in [3.05, 3.63) is 54.4 Å². The van der Waals surface area contributed by atoms with Crippen molar-refractivity contribution in [1.82, 2.24) is 4.98 Å². The predicted molar refractivity (Wildman–Crippen MR) is 76.8 cm³/mol. The lowest BCUT2D eigenvalue weighted by Gasteiger charge is -2.16. The van der Waals surface area contributed by atoms with Gasteiger partial charge in [0.05, 0.1) is 23.5 Å². The zero-order valence-corrected chi connectivity index (χ0v) is 10.8. The van der Waals surface area contributed by atoms with Crippen LogP contribution < -0.4 is 11.1 Å². The van der Waals surface area contributed by atoms with E-state index < -0.39 is 0 Å². The Morgan fingerprint density at radius 1 is 1.32 bits per heavy atom. The van der Waals surface area contributed by atoms with Gasteiger partial charge in [-0.2, -0.15) is 0 Å². The molecule has 0 fully saturated rings. The molecule has 0 aliphatic heterocycles. The summed E-state index contributed by atoms with van der Waals surface area (Å²) in [5.41, 5.74) is 7.86. The molecule has 1 unspecified atom stereocenters. The first-order chi connectivity index (χ1) is 9.22. The van der Waals surface area contributed by atoms with Crippen LogP contribution in [0.2, 0.25) is 0 Å². The van der Waals surface area contributed by atoms with Gasteiger partial charge in [0.1, 0.15) is 0 Å². The lowest BCUT2D eigenvalue weighted by atomic mass is 9.95. The van der Waals surface area contributed by atoms with Crippen molar-refractivity contribution in [1.29, 1.82) is 0 Å². The Kier molecular flexibility index (Phi) is 4.13. The number of nitrogen functional groups attached to an aromatic ring is 1. The first-order valence-corrected chi connectivity index (χ1v) is 6.27. The molecule has 0 spiro atoms. The topological polar surface area (TPSA) is 68.0 Å². The molecular formula is C15H17N3O. The molecule has 1 atom stereocenters. The summed E-state index contributed by atoms with van der Waals surface area (Å²) in [6.07, 6.45) is 3.87. The highest BCUT2D eigenvalue weighted by Gasteiger charge is 2.18. The number of nitrogens with two attached hydrogens (primary N) is 1. The van der Waals surface area contributed by atoms with Gasteiger partial charge in [0, 0.05) is 6.20 Å². The van der Waals surface area contributed by atoms with E-state index in [0.29, 0.717) is 11.4 Å². The van der Waals surface area contributed by atoms with Gasteiger partial charge in [-0.15, -0.1) is 0 Å². The maximum Gasteiger partial charge on any atom is 0.231 e. The number of carbonyl (C=O) groups excluding carboxylic acids is 1. The maximum atomic E-state index is 12.3. The Morgan fingerprint density at radius 2 is 2.05 bits per heavy atom. The zero-order valence-electron chi connectivity index (χ0n) is 10.8. The van der Waals surface area contributed by atoms with Gasteiger partial charge in [-0.3, -0.25) is 9.78 Å². The van der Waals surface area contributed by atoms with E-state index >= 15 is 0 Å². The second kappa shape index (κ2) is 6.00. The number of nitrogens with one attached hydrogen (secondary N) is 1. The second-order valence-corrected chi connectivity index (χ2v) is 4.32. The molecule has 2 aromatic rings. The monoisotopic (exact) mass is 255 g/mol. The van der Waals surface area contributed by atoms with E-state index in [-0.39, 0.29) is 11.8 Å². The molecule has 0 aliphatic carbocycles. The van der Waals surface area contributed by atoms with Crippen molar-refractivity contribution in [3.8, 4) is 0 Å². The Morgan fingerprint density at radius 3 is 2.68 bits per heavy atom. The van der Waals surface area contributed by atoms with Crippen molar-refractivity contribution >= 4 is 17.3 Å². The third kappa shape index (κ3) is 3.10. The molecule has 1 aromatic carbocycles. The predicted octanol–water partition coefficient (Wildman–Crippen LogP) is 2.80. The molecule has 4 heteroatoms. The van der Waals surface area contributed by atoms with E-state index in [1.807, 2.05) is 37.3 Å². The number of anilines is 2. The van der Waals surface area contributed by atoms with Gasteiger partial charge < -0.3 is 11.1 Å². The smallest absolute Gasteiger partial charge is 0.231 e. The molecule has 1 aromatic heterocycles. The van der Waals surface area contributed by atoms with Gasteiger partial charge >= 0.3 is 0 Å². The maximum absolute atomic E-state index is 12.3. The van der Waals surface area contributed by atoms with Gasteiger partial charge in [-0.1, -0.05) is 37.3 Å². The standard InChI is InChI=1S/C15H17N3O/c1-2-12(11-6-4-3-5-7-11)15(19)18-14-8-9-17-10-13(14)16/h3-10,12H,2,16H2,1H3,(H,17,18,19). The third-order valence-electron chi connectivity index (χ3n) is 3.04. The fraction of sp³-hybridized carbons (Fsp3) is 0.200. The van der Waals surface area contributed by atoms with Gasteiger partial charge in [0.15, 0.2) is 0 Å². The van der Waals surface area contributed by atoms with E-state index in [4.69, 9.17) is 5.73 Å². The summed E-state index contributed by atoms with van der Waals surface area (Å²) >= 11 is 0. The summed E-state index contributed by atoms with van der Waals surface area (Å²) < 4.78 is 0. The van der Waals surface area contributed by atoms with Gasteiger partial charge in [0.2, 0.25) is 5.91 Å². The molecule has 4 nitrogen and oxygen atoms in total. The van der Waals surface area contributed by atoms with Gasteiger partial charge in [0.25, 0.3) is 0 Å². The number of hydrogen-bond acceptors (Lipinski definition) is 3. The molecule has 0 saturated heterocycles. The largest absolute Gasteiger partial charge is 0.396 e. The number of amides is 1. The molecule has 0 bridgehead atoms. The third-order valence-corrected chi connectivity index (χ3v) is 3.04. The average molecular weight is 255 g/mol. The van der Waals surface area contributed by atoms with Crippen molar-refractivity contribution in [2.24, 2.45) is 0 Å². The lowest BCUT2D eigenvalue weighted by Crippen LogP contribution is -2.21. The molecule has 98 valence electrons. The molecule has 0 aliphatic rings. The summed E-state index contributed by atoms with van der Waals surface area (Å²) in [6, 6.07) is 11.4. The molecule has 3 N–H and O–H groups in total. The van der Waals surface area contributed by atoms with Crippen LogP contribution >= 0.6 is 0 Å². The van der Waals surface area contributed by atoms with Crippen molar-refractivity contribution in [2.45, 2.75) is 19.3 Å². The molecule has 2 rings (SSSR count). The number of pyridine rings is 1. The molecule has 19 heavy (non-hydrogen) atoms. The number of hydrogen-bond donors (Lipinski definition) is 2. The van der Waals surface area contributed by atoms with E-state index in [2.05, 4.69) is 10.3 Å². The van der Waals surface area contributed by atoms with Crippen LogP contribution in [0.5, 0.6) is 0 Å². The highest BCUT2D eigenvalue weighted by atomic mass is 16.1. The highest BCUT2D eigenvalue weighted by Crippen LogP contribution is 2.23. The Labute approximate surface area is 112 Å². The van der Waals surface area contributed by atoms with Crippen LogP contribution in [0.3, 0.4) is 0 Å². The summed E-state index contributed by atoms with van der Waals surface area (Å²) in [7, 11) is 0. The number of benzene rings is 1. The molecular weight excluding hydrogens is 238 g/mol. The first-order valence-electron chi connectivity index (χ1n) is 6.27. The zero-order chi connectivity index (χ0) is 13.7. The molecule has 1 amide bonds. The van der Waals surface area contributed by atoms with Gasteiger partial charge in [-0.05, 0) is 18.1 Å². The van der Waals surface area contributed by atoms with Crippen LogP contribution in [0.1, 0.15) is 24.8 Å². The molecule has 0 saturated carbocycles. The summed E-state index contributed by atoms with van der Waals surface area (Å²) in [5, 5.41) is 2.86. The summed E-state index contributed by atoms with van der Waals surface area (Å²) in [4.78, 5) is 16.2. The summed E-state index contributed by atoms with van der Waals surface area (Å²) in [6.45, 7) is 1.99. The van der Waals surface area contributed by atoms with Crippen LogP contribution in [0, 0.1) is 0 Å². The fourth-order valence-corrected chi connectivity index (χ4v) is 2.00. The van der Waals surface area contributed by atoms with E-state index in [1.165, 1.54) is 6.20 Å². The Bertz CT molecular complexity index is 554. The summed E-state index contributed by atoms with van der Waals surface area (Å²) in [5.74, 6) is -0.222. The van der Waals surface area contributed by atoms with Crippen molar-refractivity contribution in [2.75, 3.05) is 11.1 Å².